The summed E-state index contributed by atoms with van der Waals surface area (Å²) in [4.78, 5) is 28.2. The maximum absolute atomic E-state index is 12.5. The minimum Gasteiger partial charge on any atom is -0.478 e. The van der Waals surface area contributed by atoms with Crippen molar-refractivity contribution < 1.29 is 19.2 Å². The molecule has 2 aromatic carbocycles. The van der Waals surface area contributed by atoms with E-state index < -0.39 is 11.9 Å². The summed E-state index contributed by atoms with van der Waals surface area (Å²) < 4.78 is 5.25. The average molecular weight is 349 g/mol. The zero-order chi connectivity index (χ0) is 18.1. The molecule has 1 aliphatic carbocycles. The largest absolute Gasteiger partial charge is 0.478 e. The van der Waals surface area contributed by atoms with E-state index in [2.05, 4.69) is 15.5 Å². The third kappa shape index (κ3) is 3.19. The Kier molecular flexibility index (Phi) is 3.96. The van der Waals surface area contributed by atoms with E-state index in [1.807, 2.05) is 0 Å². The number of carboxylic acid groups (broad SMARTS) is 1. The van der Waals surface area contributed by atoms with Gasteiger partial charge >= 0.3 is 5.97 Å². The van der Waals surface area contributed by atoms with Crippen molar-refractivity contribution in [1.82, 2.24) is 10.1 Å². The molecule has 1 amide bonds. The predicted molar refractivity (Wildman–Crippen MR) is 93.1 cm³/mol. The van der Waals surface area contributed by atoms with Gasteiger partial charge in [0.15, 0.2) is 0 Å². The van der Waals surface area contributed by atoms with E-state index in [1.54, 1.807) is 42.5 Å². The van der Waals surface area contributed by atoms with Crippen LogP contribution < -0.4 is 5.32 Å². The topological polar surface area (TPSA) is 105 Å². The van der Waals surface area contributed by atoms with Gasteiger partial charge in [0.2, 0.25) is 11.7 Å². The zero-order valence-electron chi connectivity index (χ0n) is 13.7. The summed E-state index contributed by atoms with van der Waals surface area (Å²) in [7, 11) is 0. The van der Waals surface area contributed by atoms with Crippen molar-refractivity contribution in [3.63, 3.8) is 0 Å². The quantitative estimate of drug-likeness (QED) is 0.729. The van der Waals surface area contributed by atoms with Gasteiger partial charge in [-0.05, 0) is 37.1 Å². The Morgan fingerprint density at radius 3 is 2.69 bits per heavy atom. The van der Waals surface area contributed by atoms with Crippen LogP contribution in [0.4, 0.5) is 5.69 Å². The molecule has 26 heavy (non-hydrogen) atoms. The van der Waals surface area contributed by atoms with Crippen LogP contribution in [-0.4, -0.2) is 27.1 Å². The van der Waals surface area contributed by atoms with E-state index in [1.165, 1.54) is 6.07 Å². The lowest BCUT2D eigenvalue weighted by atomic mass is 10.1. The highest BCUT2D eigenvalue weighted by atomic mass is 16.5. The minimum absolute atomic E-state index is 0.0317. The fourth-order valence-electron chi connectivity index (χ4n) is 2.62. The van der Waals surface area contributed by atoms with Crippen LogP contribution in [0.3, 0.4) is 0 Å². The first kappa shape index (κ1) is 16.0. The number of carboxylic acids is 1. The Hall–Kier alpha value is -3.48. The first-order valence-corrected chi connectivity index (χ1v) is 8.19. The summed E-state index contributed by atoms with van der Waals surface area (Å²) in [5.41, 5.74) is 1.32. The third-order valence-corrected chi connectivity index (χ3v) is 4.16. The molecule has 3 aromatic rings. The van der Waals surface area contributed by atoms with E-state index in [0.717, 1.165) is 12.8 Å². The molecule has 7 heteroatoms. The van der Waals surface area contributed by atoms with Gasteiger partial charge in [-0.3, -0.25) is 4.79 Å². The number of nitrogens with one attached hydrogen (secondary N) is 1. The van der Waals surface area contributed by atoms with E-state index in [4.69, 9.17) is 4.52 Å². The van der Waals surface area contributed by atoms with Crippen molar-refractivity contribution in [1.29, 1.82) is 0 Å². The minimum atomic E-state index is -1.10. The summed E-state index contributed by atoms with van der Waals surface area (Å²) in [6.45, 7) is 0. The van der Waals surface area contributed by atoms with Crippen LogP contribution in [-0.2, 0) is 0 Å². The van der Waals surface area contributed by atoms with Gasteiger partial charge in [0.05, 0.1) is 11.3 Å². The molecular formula is C19H15N3O4. The Bertz CT molecular complexity index is 992. The van der Waals surface area contributed by atoms with Crippen LogP contribution in [0, 0.1) is 0 Å². The molecule has 130 valence electrons. The number of nitrogens with zero attached hydrogens (tertiary/aromatic N) is 2. The number of anilines is 1. The summed E-state index contributed by atoms with van der Waals surface area (Å²) in [6.07, 6.45) is 2.13. The zero-order valence-corrected chi connectivity index (χ0v) is 13.7. The van der Waals surface area contributed by atoms with Gasteiger partial charge in [-0.2, -0.15) is 4.98 Å². The SMILES string of the molecule is O=C(Nc1ccccc1C(=O)O)c1cccc(-c2noc(C3CC3)n2)c1. The second-order valence-electron chi connectivity index (χ2n) is 6.12. The molecule has 0 aliphatic heterocycles. The van der Waals surface area contributed by atoms with E-state index >= 15 is 0 Å². The number of para-hydroxylation sites is 1. The number of carbonyl (C=O) groups is 2. The van der Waals surface area contributed by atoms with Crippen molar-refractivity contribution in [2.75, 3.05) is 5.32 Å². The number of benzene rings is 2. The van der Waals surface area contributed by atoms with Crippen LogP contribution >= 0.6 is 0 Å². The first-order chi connectivity index (χ1) is 12.6. The summed E-state index contributed by atoms with van der Waals surface area (Å²) in [5.74, 6) is -0.0894. The molecule has 4 rings (SSSR count). The van der Waals surface area contributed by atoms with Crippen molar-refractivity contribution in [3.8, 4) is 11.4 Å². The van der Waals surface area contributed by atoms with Gasteiger partial charge in [-0.15, -0.1) is 0 Å². The smallest absolute Gasteiger partial charge is 0.337 e. The second-order valence-corrected chi connectivity index (χ2v) is 6.12. The monoisotopic (exact) mass is 349 g/mol. The van der Waals surface area contributed by atoms with E-state index in [0.29, 0.717) is 28.8 Å². The number of carbonyl (C=O) groups excluding carboxylic acids is 1. The fraction of sp³-hybridized carbons (Fsp3) is 0.158. The molecule has 1 heterocycles. The number of rotatable bonds is 5. The number of amides is 1. The molecule has 1 fully saturated rings. The Morgan fingerprint density at radius 1 is 1.12 bits per heavy atom. The second kappa shape index (κ2) is 6.44. The molecule has 1 saturated carbocycles. The molecule has 0 atom stereocenters. The van der Waals surface area contributed by atoms with E-state index in [-0.39, 0.29) is 11.3 Å². The lowest BCUT2D eigenvalue weighted by molar-refractivity contribution is 0.0698. The van der Waals surface area contributed by atoms with Crippen LogP contribution in [0.1, 0.15) is 45.4 Å². The number of aromatic carboxylic acids is 1. The van der Waals surface area contributed by atoms with Gasteiger partial charge in [0, 0.05) is 17.0 Å². The fourth-order valence-corrected chi connectivity index (χ4v) is 2.62. The molecule has 0 bridgehead atoms. The molecule has 2 N–H and O–H groups in total. The van der Waals surface area contributed by atoms with Crippen molar-refractivity contribution in [2.24, 2.45) is 0 Å². The van der Waals surface area contributed by atoms with Gasteiger partial charge in [-0.1, -0.05) is 29.4 Å². The lowest BCUT2D eigenvalue weighted by Gasteiger charge is -2.08. The molecule has 0 unspecified atom stereocenters. The standard InChI is InChI=1S/C19H15N3O4/c23-17(20-15-7-2-1-6-14(15)19(24)25)13-5-3-4-12(10-13)16-21-18(26-22-16)11-8-9-11/h1-7,10-11H,8-9H2,(H,20,23)(H,24,25). The normalized spacial score (nSPS) is 13.4. The highest BCUT2D eigenvalue weighted by Gasteiger charge is 2.29. The predicted octanol–water partition coefficient (Wildman–Crippen LogP) is 3.56. The molecule has 0 radical (unpaired) electrons. The highest BCUT2D eigenvalue weighted by Crippen LogP contribution is 2.39. The van der Waals surface area contributed by atoms with Crippen molar-refractivity contribution >= 4 is 17.6 Å². The molecule has 7 nitrogen and oxygen atoms in total. The van der Waals surface area contributed by atoms with Crippen LogP contribution in [0.5, 0.6) is 0 Å². The van der Waals surface area contributed by atoms with Gasteiger partial charge in [-0.25, -0.2) is 4.79 Å². The Balaban J connectivity index is 1.58. The average Bonchev–Trinajstić information content (AvgIpc) is 3.39. The maximum Gasteiger partial charge on any atom is 0.337 e. The molecule has 0 saturated heterocycles. The number of hydrogen-bond acceptors (Lipinski definition) is 5. The van der Waals surface area contributed by atoms with Crippen LogP contribution in [0.15, 0.2) is 53.1 Å². The van der Waals surface area contributed by atoms with E-state index in [9.17, 15) is 14.7 Å². The lowest BCUT2D eigenvalue weighted by Crippen LogP contribution is -2.14. The first-order valence-electron chi connectivity index (χ1n) is 8.19. The molecule has 1 aromatic heterocycles. The summed E-state index contributed by atoms with van der Waals surface area (Å²) in [6, 6.07) is 13.1. The van der Waals surface area contributed by atoms with Gasteiger partial charge in [0.25, 0.3) is 5.91 Å². The third-order valence-electron chi connectivity index (χ3n) is 4.16. The number of aromatic nitrogens is 2. The van der Waals surface area contributed by atoms with Gasteiger partial charge < -0.3 is 14.9 Å². The van der Waals surface area contributed by atoms with Crippen molar-refractivity contribution in [3.05, 3.63) is 65.5 Å². The molecule has 0 spiro atoms. The molecular weight excluding hydrogens is 334 g/mol. The highest BCUT2D eigenvalue weighted by molar-refractivity contribution is 6.08. The van der Waals surface area contributed by atoms with Crippen molar-refractivity contribution in [2.45, 2.75) is 18.8 Å². The van der Waals surface area contributed by atoms with Gasteiger partial charge in [0.1, 0.15) is 0 Å². The number of hydrogen-bond donors (Lipinski definition) is 2. The summed E-state index contributed by atoms with van der Waals surface area (Å²) in [5, 5.41) is 15.8. The Labute approximate surface area is 148 Å². The Morgan fingerprint density at radius 2 is 1.92 bits per heavy atom. The van der Waals surface area contributed by atoms with Crippen LogP contribution in [0.2, 0.25) is 0 Å². The maximum atomic E-state index is 12.5. The summed E-state index contributed by atoms with van der Waals surface area (Å²) >= 11 is 0. The van der Waals surface area contributed by atoms with Crippen LogP contribution in [0.25, 0.3) is 11.4 Å². The molecule has 1 aliphatic rings.